The first kappa shape index (κ1) is 22.8. The molecule has 32 heavy (non-hydrogen) atoms. The van der Waals surface area contributed by atoms with Gasteiger partial charge in [0.1, 0.15) is 11.3 Å². The summed E-state index contributed by atoms with van der Waals surface area (Å²) in [6.45, 7) is 2.94. The van der Waals surface area contributed by atoms with Crippen molar-refractivity contribution in [3.63, 3.8) is 0 Å². The van der Waals surface area contributed by atoms with Crippen LogP contribution in [-0.2, 0) is 16.6 Å². The molecule has 0 aliphatic rings. The summed E-state index contributed by atoms with van der Waals surface area (Å²) in [6.07, 6.45) is -1.34. The van der Waals surface area contributed by atoms with E-state index in [1.807, 2.05) is 6.07 Å². The number of anilines is 1. The fourth-order valence-electron chi connectivity index (χ4n) is 3.05. The number of rotatable bonds is 6. The molecule has 166 valence electrons. The smallest absolute Gasteiger partial charge is 0.345 e. The first-order valence-corrected chi connectivity index (χ1v) is 9.79. The number of nitrogens with zero attached hydrogens (tertiary/aromatic N) is 3. The van der Waals surface area contributed by atoms with Crippen LogP contribution in [0, 0.1) is 17.0 Å². The molecule has 0 bridgehead atoms. The van der Waals surface area contributed by atoms with Gasteiger partial charge in [0.15, 0.2) is 6.10 Å². The lowest BCUT2D eigenvalue weighted by Crippen LogP contribution is -2.32. The Bertz CT molecular complexity index is 1270. The van der Waals surface area contributed by atoms with E-state index in [1.165, 1.54) is 17.7 Å². The predicted molar refractivity (Wildman–Crippen MR) is 117 cm³/mol. The Hall–Kier alpha value is -3.92. The lowest BCUT2D eigenvalue weighted by molar-refractivity contribution is -0.385. The predicted octanol–water partition coefficient (Wildman–Crippen LogP) is 3.23. The molecule has 10 nitrogen and oxygen atoms in total. The number of hydrogen-bond donors (Lipinski definition) is 1. The number of halogens is 1. The number of nitro benzene ring substituents is 1. The summed E-state index contributed by atoms with van der Waals surface area (Å²) in [5.41, 5.74) is -0.236. The highest BCUT2D eigenvalue weighted by atomic mass is 35.5. The zero-order chi connectivity index (χ0) is 23.6. The van der Waals surface area contributed by atoms with Crippen molar-refractivity contribution in [2.24, 2.45) is 7.05 Å². The van der Waals surface area contributed by atoms with Crippen molar-refractivity contribution < 1.29 is 19.2 Å². The van der Waals surface area contributed by atoms with Gasteiger partial charge in [-0.2, -0.15) is 0 Å². The summed E-state index contributed by atoms with van der Waals surface area (Å²) in [5.74, 6) is -1.86. The van der Waals surface area contributed by atoms with E-state index in [0.29, 0.717) is 11.4 Å². The van der Waals surface area contributed by atoms with Crippen LogP contribution >= 0.6 is 11.6 Å². The molecular weight excluding hydrogens is 440 g/mol. The molecule has 0 spiro atoms. The molecule has 1 amide bonds. The van der Waals surface area contributed by atoms with Gasteiger partial charge >= 0.3 is 5.97 Å². The van der Waals surface area contributed by atoms with E-state index in [9.17, 15) is 24.5 Å². The van der Waals surface area contributed by atoms with E-state index in [4.69, 9.17) is 16.3 Å². The molecule has 1 unspecified atom stereocenters. The first-order chi connectivity index (χ1) is 15.1. The maximum absolute atomic E-state index is 12.9. The third-order valence-electron chi connectivity index (χ3n) is 4.83. The van der Waals surface area contributed by atoms with Crippen LogP contribution in [0.5, 0.6) is 0 Å². The average molecular weight is 459 g/mol. The summed E-state index contributed by atoms with van der Waals surface area (Å²) < 4.78 is 8.06. The van der Waals surface area contributed by atoms with Crippen LogP contribution in [0.25, 0.3) is 5.69 Å². The SMILES string of the molecule is Cc1c(NC(=O)C(C)OC(=O)c2cc(Cl)ccc2[N+](=O)[O-])c(=O)n(-c2ccccc2)n1C. The van der Waals surface area contributed by atoms with Crippen molar-refractivity contribution in [2.75, 3.05) is 5.32 Å². The topological polar surface area (TPSA) is 125 Å². The third-order valence-corrected chi connectivity index (χ3v) is 5.07. The molecule has 0 saturated heterocycles. The van der Waals surface area contributed by atoms with Gasteiger partial charge in [-0.05, 0) is 38.1 Å². The van der Waals surface area contributed by atoms with Crippen LogP contribution in [0.4, 0.5) is 11.4 Å². The zero-order valence-corrected chi connectivity index (χ0v) is 18.1. The minimum Gasteiger partial charge on any atom is -0.449 e. The molecule has 1 heterocycles. The number of nitrogens with one attached hydrogen (secondary N) is 1. The summed E-state index contributed by atoms with van der Waals surface area (Å²) >= 11 is 5.83. The lowest BCUT2D eigenvalue weighted by Gasteiger charge is -2.13. The van der Waals surface area contributed by atoms with Crippen molar-refractivity contribution in [1.29, 1.82) is 0 Å². The summed E-state index contributed by atoms with van der Waals surface area (Å²) in [7, 11) is 1.67. The van der Waals surface area contributed by atoms with Gasteiger partial charge < -0.3 is 10.1 Å². The molecule has 3 aromatic rings. The van der Waals surface area contributed by atoms with Gasteiger partial charge in [-0.25, -0.2) is 9.48 Å². The number of carbonyl (C=O) groups excluding carboxylic acids is 2. The molecule has 0 saturated carbocycles. The molecule has 3 rings (SSSR count). The number of benzene rings is 2. The maximum Gasteiger partial charge on any atom is 0.345 e. The highest BCUT2D eigenvalue weighted by molar-refractivity contribution is 6.31. The fourth-order valence-corrected chi connectivity index (χ4v) is 3.22. The molecule has 1 N–H and O–H groups in total. The number of ether oxygens (including phenoxy) is 1. The average Bonchev–Trinajstić information content (AvgIpc) is 2.97. The summed E-state index contributed by atoms with van der Waals surface area (Å²) in [6, 6.07) is 12.3. The van der Waals surface area contributed by atoms with Gasteiger partial charge in [0.05, 0.1) is 16.3 Å². The van der Waals surface area contributed by atoms with E-state index >= 15 is 0 Å². The van der Waals surface area contributed by atoms with Crippen LogP contribution < -0.4 is 10.9 Å². The van der Waals surface area contributed by atoms with E-state index in [1.54, 1.807) is 42.9 Å². The second-order valence-electron chi connectivity index (χ2n) is 6.89. The summed E-state index contributed by atoms with van der Waals surface area (Å²) in [5, 5.41) is 13.7. The molecule has 0 aliphatic carbocycles. The molecule has 1 atom stereocenters. The normalized spacial score (nSPS) is 11.6. The van der Waals surface area contributed by atoms with E-state index in [0.717, 1.165) is 12.1 Å². The van der Waals surface area contributed by atoms with Gasteiger partial charge in [0.2, 0.25) is 0 Å². The van der Waals surface area contributed by atoms with Crippen LogP contribution in [0.2, 0.25) is 5.02 Å². The van der Waals surface area contributed by atoms with Crippen LogP contribution in [0.3, 0.4) is 0 Å². The van der Waals surface area contributed by atoms with Crippen molar-refractivity contribution in [3.8, 4) is 5.69 Å². The van der Waals surface area contributed by atoms with Crippen molar-refractivity contribution >= 4 is 34.9 Å². The van der Waals surface area contributed by atoms with Gasteiger partial charge in [-0.1, -0.05) is 29.8 Å². The third kappa shape index (κ3) is 4.40. The number of nitro groups is 1. The molecule has 0 aliphatic heterocycles. The molecule has 2 aromatic carbocycles. The minimum atomic E-state index is -1.34. The van der Waals surface area contributed by atoms with Crippen LogP contribution in [-0.4, -0.2) is 32.3 Å². The molecule has 11 heteroatoms. The number of esters is 1. The number of carbonyl (C=O) groups is 2. The van der Waals surface area contributed by atoms with Crippen molar-refractivity contribution in [1.82, 2.24) is 9.36 Å². The van der Waals surface area contributed by atoms with Crippen LogP contribution in [0.1, 0.15) is 23.0 Å². The Labute approximate surface area is 187 Å². The van der Waals surface area contributed by atoms with Gasteiger partial charge in [-0.3, -0.25) is 24.4 Å². The fraction of sp³-hybridized carbons (Fsp3) is 0.190. The zero-order valence-electron chi connectivity index (χ0n) is 17.4. The standard InChI is InChI=1S/C21H19ClN4O6/c1-12-18(20(28)25(24(12)3)15-7-5-4-6-8-15)23-19(27)13(2)32-21(29)16-11-14(22)9-10-17(16)26(30)31/h4-11,13H,1-3H3,(H,23,27). The van der Waals surface area contributed by atoms with Crippen molar-refractivity contribution in [2.45, 2.75) is 20.0 Å². The second-order valence-corrected chi connectivity index (χ2v) is 7.33. The monoisotopic (exact) mass is 458 g/mol. The highest BCUT2D eigenvalue weighted by Gasteiger charge is 2.27. The summed E-state index contributed by atoms with van der Waals surface area (Å²) in [4.78, 5) is 48.4. The Kier molecular flexibility index (Phi) is 6.45. The quantitative estimate of drug-likeness (QED) is 0.343. The Morgan fingerprint density at radius 2 is 1.84 bits per heavy atom. The van der Waals surface area contributed by atoms with E-state index < -0.39 is 34.2 Å². The Morgan fingerprint density at radius 1 is 1.19 bits per heavy atom. The molecule has 1 aromatic heterocycles. The lowest BCUT2D eigenvalue weighted by atomic mass is 10.2. The Morgan fingerprint density at radius 3 is 2.47 bits per heavy atom. The van der Waals surface area contributed by atoms with Gasteiger partial charge in [-0.15, -0.1) is 0 Å². The molecular formula is C21H19ClN4O6. The molecule has 0 radical (unpaired) electrons. The maximum atomic E-state index is 12.9. The largest absolute Gasteiger partial charge is 0.449 e. The van der Waals surface area contributed by atoms with E-state index in [-0.39, 0.29) is 16.3 Å². The van der Waals surface area contributed by atoms with Gasteiger partial charge in [0.25, 0.3) is 17.2 Å². The number of hydrogen-bond acceptors (Lipinski definition) is 6. The minimum absolute atomic E-state index is 0.0259. The highest BCUT2D eigenvalue weighted by Crippen LogP contribution is 2.24. The molecule has 0 fully saturated rings. The second kappa shape index (κ2) is 9.06. The Balaban J connectivity index is 1.82. The number of para-hydroxylation sites is 1. The number of aromatic nitrogens is 2. The van der Waals surface area contributed by atoms with Gasteiger partial charge in [0, 0.05) is 18.1 Å². The van der Waals surface area contributed by atoms with Crippen LogP contribution in [0.15, 0.2) is 53.3 Å². The van der Waals surface area contributed by atoms with Crippen molar-refractivity contribution in [3.05, 3.63) is 85.3 Å². The first-order valence-electron chi connectivity index (χ1n) is 9.41. The number of amides is 1. The van der Waals surface area contributed by atoms with E-state index in [2.05, 4.69) is 5.32 Å².